The summed E-state index contributed by atoms with van der Waals surface area (Å²) >= 11 is 6.14. The molecule has 1 aliphatic carbocycles. The van der Waals surface area contributed by atoms with Crippen LogP contribution in [0.25, 0.3) is 0 Å². The minimum Gasteiger partial charge on any atom is -0.340 e. The third-order valence-corrected chi connectivity index (χ3v) is 6.09. The van der Waals surface area contributed by atoms with Crippen molar-refractivity contribution in [2.24, 2.45) is 11.3 Å². The molecule has 0 radical (unpaired) electrons. The van der Waals surface area contributed by atoms with Gasteiger partial charge in [0, 0.05) is 6.04 Å². The van der Waals surface area contributed by atoms with E-state index in [0.29, 0.717) is 10.6 Å². The number of likely N-dealkylation sites (tertiary alicyclic amines) is 1. The number of benzene rings is 1. The maximum Gasteiger partial charge on any atom is 0.253 e. The van der Waals surface area contributed by atoms with Gasteiger partial charge in [0.1, 0.15) is 6.04 Å². The van der Waals surface area contributed by atoms with Crippen LogP contribution in [0.15, 0.2) is 24.3 Å². The molecule has 0 spiro atoms. The second-order valence-corrected chi connectivity index (χ2v) is 9.19. The molecule has 1 saturated heterocycles. The van der Waals surface area contributed by atoms with Gasteiger partial charge in [0.25, 0.3) is 5.91 Å². The molecule has 2 fully saturated rings. The number of carbonyl (C=O) groups is 3. The number of carbonyl (C=O) groups excluding carboxylic acids is 3. The highest BCUT2D eigenvalue weighted by atomic mass is 35.5. The van der Waals surface area contributed by atoms with Crippen molar-refractivity contribution in [3.8, 4) is 0 Å². The van der Waals surface area contributed by atoms with Crippen molar-refractivity contribution in [1.82, 2.24) is 10.2 Å². The first-order valence-electron chi connectivity index (χ1n) is 9.49. The summed E-state index contributed by atoms with van der Waals surface area (Å²) in [5, 5.41) is 3.23. The minimum absolute atomic E-state index is 0.0284. The molecular formula is C21H27ClN2O3. The molecule has 6 heteroatoms. The summed E-state index contributed by atoms with van der Waals surface area (Å²) in [6.45, 7) is 7.30. The molecule has 1 heterocycles. The van der Waals surface area contributed by atoms with Crippen molar-refractivity contribution in [3.05, 3.63) is 34.9 Å². The summed E-state index contributed by atoms with van der Waals surface area (Å²) in [6, 6.07) is 5.77. The van der Waals surface area contributed by atoms with E-state index in [2.05, 4.69) is 5.32 Å². The normalized spacial score (nSPS) is 25.4. The van der Waals surface area contributed by atoms with Crippen LogP contribution in [0.5, 0.6) is 0 Å². The van der Waals surface area contributed by atoms with Crippen LogP contribution < -0.4 is 5.32 Å². The zero-order chi connectivity index (χ0) is 19.9. The number of halogens is 1. The van der Waals surface area contributed by atoms with Crippen LogP contribution >= 0.6 is 11.6 Å². The van der Waals surface area contributed by atoms with Crippen molar-refractivity contribution in [3.63, 3.8) is 0 Å². The fourth-order valence-electron chi connectivity index (χ4n) is 4.48. The van der Waals surface area contributed by atoms with Crippen molar-refractivity contribution >= 4 is 29.2 Å². The van der Waals surface area contributed by atoms with E-state index in [1.54, 1.807) is 36.1 Å². The lowest BCUT2D eigenvalue weighted by Crippen LogP contribution is -2.59. The molecule has 5 nitrogen and oxygen atoms in total. The van der Waals surface area contributed by atoms with Crippen LogP contribution in [0.3, 0.4) is 0 Å². The maximum atomic E-state index is 13.5. The van der Waals surface area contributed by atoms with E-state index in [-0.39, 0.29) is 35.6 Å². The molecular weight excluding hydrogens is 364 g/mol. The lowest BCUT2D eigenvalue weighted by molar-refractivity contribution is -0.144. The van der Waals surface area contributed by atoms with Gasteiger partial charge in [-0.3, -0.25) is 14.4 Å². The predicted octanol–water partition coefficient (Wildman–Crippen LogP) is 3.45. The number of nitrogens with one attached hydrogen (secondary N) is 1. The van der Waals surface area contributed by atoms with Gasteiger partial charge in [-0.1, -0.05) is 44.5 Å². The van der Waals surface area contributed by atoms with Gasteiger partial charge in [0.15, 0.2) is 5.78 Å². The second-order valence-electron chi connectivity index (χ2n) is 8.78. The third-order valence-electron chi connectivity index (χ3n) is 5.76. The molecule has 3 rings (SSSR count). The number of amides is 2. The first-order chi connectivity index (χ1) is 12.6. The smallest absolute Gasteiger partial charge is 0.253 e. The first kappa shape index (κ1) is 19.9. The molecule has 27 heavy (non-hydrogen) atoms. The highest BCUT2D eigenvalue weighted by molar-refractivity contribution is 6.33. The van der Waals surface area contributed by atoms with Gasteiger partial charge < -0.3 is 10.2 Å². The number of ketones is 1. The molecule has 1 aromatic rings. The van der Waals surface area contributed by atoms with Gasteiger partial charge in [-0.2, -0.15) is 0 Å². The van der Waals surface area contributed by atoms with Crippen LogP contribution in [0.4, 0.5) is 0 Å². The molecule has 146 valence electrons. The zero-order valence-electron chi connectivity index (χ0n) is 16.3. The zero-order valence-corrected chi connectivity index (χ0v) is 17.0. The average molecular weight is 391 g/mol. The lowest BCUT2D eigenvalue weighted by atomic mass is 9.84. The highest BCUT2D eigenvalue weighted by Crippen LogP contribution is 2.43. The van der Waals surface area contributed by atoms with E-state index < -0.39 is 11.5 Å². The van der Waals surface area contributed by atoms with Gasteiger partial charge in [-0.05, 0) is 49.7 Å². The molecule has 2 bridgehead atoms. The number of rotatable bonds is 4. The van der Waals surface area contributed by atoms with E-state index >= 15 is 0 Å². The number of fused-ring (bicyclic) bond motifs is 2. The van der Waals surface area contributed by atoms with Crippen LogP contribution in [0.2, 0.25) is 5.02 Å². The molecule has 2 amide bonds. The van der Waals surface area contributed by atoms with E-state index in [1.807, 2.05) is 20.8 Å². The van der Waals surface area contributed by atoms with E-state index in [0.717, 1.165) is 19.3 Å². The standard InChI is InChI=1S/C21H27ClN2O3/c1-12(25)17-13-9-10-14(11-13)24(17)20(27)18(21(2,3)4)23-19(26)15-7-5-6-8-16(15)22/h5-8,13-14,17-18H,9-11H2,1-4H3,(H,23,26)/t13-,14?,17+,18+/m0/s1. The largest absolute Gasteiger partial charge is 0.340 e. The van der Waals surface area contributed by atoms with E-state index in [9.17, 15) is 14.4 Å². The molecule has 4 atom stereocenters. The van der Waals surface area contributed by atoms with Crippen molar-refractivity contribution in [2.45, 2.75) is 65.1 Å². The summed E-state index contributed by atoms with van der Waals surface area (Å²) in [6.07, 6.45) is 2.80. The Morgan fingerprint density at radius 1 is 1.19 bits per heavy atom. The number of hydrogen-bond acceptors (Lipinski definition) is 3. The predicted molar refractivity (Wildman–Crippen MR) is 105 cm³/mol. The Kier molecular flexibility index (Phi) is 5.35. The fraction of sp³-hybridized carbons (Fsp3) is 0.571. The first-order valence-corrected chi connectivity index (χ1v) is 9.87. The number of nitrogens with zero attached hydrogens (tertiary/aromatic N) is 1. The molecule has 2 aliphatic rings. The Bertz CT molecular complexity index is 771. The van der Waals surface area contributed by atoms with Crippen LogP contribution in [-0.4, -0.2) is 40.6 Å². The fourth-order valence-corrected chi connectivity index (χ4v) is 4.70. The average Bonchev–Trinajstić information content (AvgIpc) is 3.19. The highest BCUT2D eigenvalue weighted by Gasteiger charge is 2.52. The Labute approximate surface area is 165 Å². The Balaban J connectivity index is 1.87. The van der Waals surface area contributed by atoms with Gasteiger partial charge in [0.2, 0.25) is 5.91 Å². The summed E-state index contributed by atoms with van der Waals surface area (Å²) in [7, 11) is 0. The Morgan fingerprint density at radius 2 is 1.85 bits per heavy atom. The topological polar surface area (TPSA) is 66.5 Å². The van der Waals surface area contributed by atoms with Crippen LogP contribution in [0.1, 0.15) is 57.3 Å². The van der Waals surface area contributed by atoms with Crippen LogP contribution in [0, 0.1) is 11.3 Å². The quantitative estimate of drug-likeness (QED) is 0.856. The number of Topliss-reactive ketones (excluding diaryl/α,β-unsaturated/α-hetero) is 1. The summed E-state index contributed by atoms with van der Waals surface area (Å²) in [5.41, 5.74) is -0.163. The van der Waals surface area contributed by atoms with Gasteiger partial charge in [-0.25, -0.2) is 0 Å². The lowest BCUT2D eigenvalue weighted by Gasteiger charge is -2.40. The maximum absolute atomic E-state index is 13.5. The number of piperidine rings is 1. The second kappa shape index (κ2) is 7.27. The van der Waals surface area contributed by atoms with E-state index in [1.165, 1.54) is 0 Å². The van der Waals surface area contributed by atoms with Crippen LogP contribution in [-0.2, 0) is 9.59 Å². The van der Waals surface area contributed by atoms with Crippen molar-refractivity contribution in [2.75, 3.05) is 0 Å². The molecule has 1 saturated carbocycles. The Hall–Kier alpha value is -1.88. The Morgan fingerprint density at radius 3 is 2.44 bits per heavy atom. The van der Waals surface area contributed by atoms with E-state index in [4.69, 9.17) is 11.6 Å². The van der Waals surface area contributed by atoms with Crippen molar-refractivity contribution < 1.29 is 14.4 Å². The van der Waals surface area contributed by atoms with Gasteiger partial charge >= 0.3 is 0 Å². The summed E-state index contributed by atoms with van der Waals surface area (Å²) < 4.78 is 0. The minimum atomic E-state index is -0.734. The monoisotopic (exact) mass is 390 g/mol. The SMILES string of the molecule is CC(=O)[C@@H]1[C@H]2CCC(C2)N1C(=O)[C@@H](NC(=O)c1ccccc1Cl)C(C)(C)C. The number of hydrogen-bond donors (Lipinski definition) is 1. The van der Waals surface area contributed by atoms with Gasteiger partial charge in [0.05, 0.1) is 16.6 Å². The molecule has 1 aromatic carbocycles. The van der Waals surface area contributed by atoms with Gasteiger partial charge in [-0.15, -0.1) is 0 Å². The molecule has 0 aromatic heterocycles. The summed E-state index contributed by atoms with van der Waals surface area (Å²) in [4.78, 5) is 40.2. The molecule has 1 N–H and O–H groups in total. The summed E-state index contributed by atoms with van der Waals surface area (Å²) in [5.74, 6) is -0.273. The van der Waals surface area contributed by atoms with Crippen molar-refractivity contribution in [1.29, 1.82) is 0 Å². The molecule has 1 unspecified atom stereocenters. The molecule has 1 aliphatic heterocycles. The third kappa shape index (κ3) is 3.75.